The molecule has 0 aliphatic rings. The van der Waals surface area contributed by atoms with Gasteiger partial charge in [0.15, 0.2) is 5.82 Å². The third kappa shape index (κ3) is 2.71. The van der Waals surface area contributed by atoms with E-state index in [2.05, 4.69) is 9.97 Å². The highest BCUT2D eigenvalue weighted by Gasteiger charge is 2.16. The Bertz CT molecular complexity index is 815. The summed E-state index contributed by atoms with van der Waals surface area (Å²) in [6, 6.07) is 11.3. The van der Waals surface area contributed by atoms with Crippen LogP contribution in [0.2, 0.25) is 5.02 Å². The minimum absolute atomic E-state index is 0.284. The zero-order valence-corrected chi connectivity index (χ0v) is 12.5. The molecule has 0 spiro atoms. The minimum Gasteiger partial charge on any atom is -0.465 e. The van der Waals surface area contributed by atoms with Gasteiger partial charge in [0.2, 0.25) is 0 Å². The number of esters is 1. The topological polar surface area (TPSA) is 57.0 Å². The Morgan fingerprint density at radius 1 is 1.23 bits per heavy atom. The smallest absolute Gasteiger partial charge is 0.341 e. The van der Waals surface area contributed by atoms with Gasteiger partial charge in [-0.25, -0.2) is 14.8 Å². The number of hydrogen-bond acceptors (Lipinski definition) is 4. The Morgan fingerprint density at radius 3 is 2.73 bits per heavy atom. The predicted molar refractivity (Wildman–Crippen MR) is 83.1 cm³/mol. The van der Waals surface area contributed by atoms with Crippen LogP contribution < -0.4 is 0 Å². The summed E-state index contributed by atoms with van der Waals surface area (Å²) in [5, 5.41) is 0.368. The van der Waals surface area contributed by atoms with Crippen molar-refractivity contribution in [3.05, 3.63) is 65.7 Å². The molecule has 1 aromatic carbocycles. The molecular weight excluding hydrogens is 302 g/mol. The van der Waals surface area contributed by atoms with Gasteiger partial charge in [-0.05, 0) is 6.07 Å². The SMILES string of the molecule is COC(=O)c1cc(Cl)cnc1-n1cnc(-c2ccccc2)c1. The van der Waals surface area contributed by atoms with E-state index >= 15 is 0 Å². The summed E-state index contributed by atoms with van der Waals surface area (Å²) in [7, 11) is 1.32. The molecule has 0 aliphatic carbocycles. The van der Waals surface area contributed by atoms with Crippen LogP contribution in [0.25, 0.3) is 17.1 Å². The number of aromatic nitrogens is 3. The van der Waals surface area contributed by atoms with Crippen molar-refractivity contribution < 1.29 is 9.53 Å². The first-order valence-corrected chi connectivity index (χ1v) is 6.90. The lowest BCUT2D eigenvalue weighted by Gasteiger charge is -2.07. The van der Waals surface area contributed by atoms with Crippen molar-refractivity contribution in [3.8, 4) is 17.1 Å². The Hall–Kier alpha value is -2.66. The molecular formula is C16H12ClN3O2. The molecule has 6 heteroatoms. The summed E-state index contributed by atoms with van der Waals surface area (Å²) in [5.74, 6) is -0.0779. The van der Waals surface area contributed by atoms with E-state index in [0.717, 1.165) is 11.3 Å². The molecule has 0 bridgehead atoms. The van der Waals surface area contributed by atoms with E-state index in [1.165, 1.54) is 19.4 Å². The third-order valence-electron chi connectivity index (χ3n) is 3.14. The van der Waals surface area contributed by atoms with Crippen molar-refractivity contribution in [3.63, 3.8) is 0 Å². The molecule has 0 amide bonds. The molecule has 0 aliphatic heterocycles. The number of pyridine rings is 1. The van der Waals surface area contributed by atoms with Gasteiger partial charge in [-0.1, -0.05) is 41.9 Å². The van der Waals surface area contributed by atoms with E-state index in [1.54, 1.807) is 17.1 Å². The van der Waals surface area contributed by atoms with Crippen molar-refractivity contribution in [2.45, 2.75) is 0 Å². The van der Waals surface area contributed by atoms with Crippen molar-refractivity contribution in [1.82, 2.24) is 14.5 Å². The number of nitrogens with zero attached hydrogens (tertiary/aromatic N) is 3. The molecule has 0 N–H and O–H groups in total. The van der Waals surface area contributed by atoms with E-state index < -0.39 is 5.97 Å². The van der Waals surface area contributed by atoms with E-state index in [4.69, 9.17) is 16.3 Å². The molecule has 0 fully saturated rings. The van der Waals surface area contributed by atoms with Crippen LogP contribution in [0.15, 0.2) is 55.1 Å². The zero-order valence-electron chi connectivity index (χ0n) is 11.7. The van der Waals surface area contributed by atoms with E-state index in [0.29, 0.717) is 10.8 Å². The molecule has 0 unspecified atom stereocenters. The molecule has 0 saturated carbocycles. The second-order valence-electron chi connectivity index (χ2n) is 4.55. The minimum atomic E-state index is -0.500. The summed E-state index contributed by atoms with van der Waals surface area (Å²) < 4.78 is 6.45. The molecule has 2 aromatic heterocycles. The van der Waals surface area contributed by atoms with Crippen molar-refractivity contribution >= 4 is 17.6 Å². The first-order chi connectivity index (χ1) is 10.7. The van der Waals surface area contributed by atoms with Gasteiger partial charge in [-0.2, -0.15) is 0 Å². The molecule has 0 radical (unpaired) electrons. The van der Waals surface area contributed by atoms with Gasteiger partial charge >= 0.3 is 5.97 Å². The number of hydrogen-bond donors (Lipinski definition) is 0. The standard InChI is InChI=1S/C16H12ClN3O2/c1-22-16(21)13-7-12(17)8-18-15(13)20-9-14(19-10-20)11-5-3-2-4-6-11/h2-10H,1H3. The molecule has 110 valence electrons. The van der Waals surface area contributed by atoms with Crippen LogP contribution in [-0.4, -0.2) is 27.6 Å². The maximum atomic E-state index is 11.9. The lowest BCUT2D eigenvalue weighted by atomic mass is 10.2. The molecule has 5 nitrogen and oxygen atoms in total. The van der Waals surface area contributed by atoms with E-state index in [9.17, 15) is 4.79 Å². The number of carbonyl (C=O) groups excluding carboxylic acids is 1. The number of carbonyl (C=O) groups is 1. The van der Waals surface area contributed by atoms with Gasteiger partial charge in [0.25, 0.3) is 0 Å². The normalized spacial score (nSPS) is 10.5. The van der Waals surface area contributed by atoms with E-state index in [-0.39, 0.29) is 5.56 Å². The predicted octanol–water partition coefficient (Wildman–Crippen LogP) is 3.37. The van der Waals surface area contributed by atoms with Crippen LogP contribution in [0, 0.1) is 0 Å². The van der Waals surface area contributed by atoms with Crippen LogP contribution in [0.4, 0.5) is 0 Å². The quantitative estimate of drug-likeness (QED) is 0.696. The maximum absolute atomic E-state index is 11.9. The average Bonchev–Trinajstić information content (AvgIpc) is 3.04. The van der Waals surface area contributed by atoms with Crippen molar-refractivity contribution in [2.75, 3.05) is 7.11 Å². The molecule has 3 aromatic rings. The van der Waals surface area contributed by atoms with Gasteiger partial charge in [0.05, 0.1) is 17.8 Å². The Balaban J connectivity index is 2.06. The lowest BCUT2D eigenvalue weighted by molar-refractivity contribution is 0.0600. The van der Waals surface area contributed by atoms with Crippen LogP contribution in [0.1, 0.15) is 10.4 Å². The molecule has 0 atom stereocenters. The molecule has 3 rings (SSSR count). The number of benzene rings is 1. The highest BCUT2D eigenvalue weighted by molar-refractivity contribution is 6.30. The van der Waals surface area contributed by atoms with Gasteiger partial charge in [-0.3, -0.25) is 4.57 Å². The second-order valence-corrected chi connectivity index (χ2v) is 4.98. The molecule has 2 heterocycles. The first-order valence-electron chi connectivity index (χ1n) is 6.52. The van der Waals surface area contributed by atoms with Crippen molar-refractivity contribution in [2.24, 2.45) is 0 Å². The summed E-state index contributed by atoms with van der Waals surface area (Å²) >= 11 is 5.91. The summed E-state index contributed by atoms with van der Waals surface area (Å²) in [4.78, 5) is 20.4. The second kappa shape index (κ2) is 5.99. The van der Waals surface area contributed by atoms with Crippen LogP contribution >= 0.6 is 11.6 Å². The van der Waals surface area contributed by atoms with Crippen LogP contribution in [0.5, 0.6) is 0 Å². The fraction of sp³-hybridized carbons (Fsp3) is 0.0625. The lowest BCUT2D eigenvalue weighted by Crippen LogP contribution is -2.08. The third-order valence-corrected chi connectivity index (χ3v) is 3.34. The summed E-state index contributed by atoms with van der Waals surface area (Å²) in [5.41, 5.74) is 2.05. The molecule has 0 saturated heterocycles. The summed E-state index contributed by atoms with van der Waals surface area (Å²) in [6.45, 7) is 0. The van der Waals surface area contributed by atoms with Gasteiger partial charge < -0.3 is 4.74 Å². The zero-order chi connectivity index (χ0) is 15.5. The van der Waals surface area contributed by atoms with E-state index in [1.807, 2.05) is 30.3 Å². The fourth-order valence-electron chi connectivity index (χ4n) is 2.09. The molecule has 22 heavy (non-hydrogen) atoms. The van der Waals surface area contributed by atoms with Crippen molar-refractivity contribution in [1.29, 1.82) is 0 Å². The highest BCUT2D eigenvalue weighted by Crippen LogP contribution is 2.21. The summed E-state index contributed by atoms with van der Waals surface area (Å²) in [6.07, 6.45) is 4.88. The number of rotatable bonds is 3. The van der Waals surface area contributed by atoms with Crippen LogP contribution in [0.3, 0.4) is 0 Å². The Kier molecular flexibility index (Phi) is 3.89. The fourth-order valence-corrected chi connectivity index (χ4v) is 2.25. The average molecular weight is 314 g/mol. The largest absolute Gasteiger partial charge is 0.465 e. The monoisotopic (exact) mass is 313 g/mol. The Morgan fingerprint density at radius 2 is 2.00 bits per heavy atom. The van der Waals surface area contributed by atoms with Gasteiger partial charge in [0, 0.05) is 18.0 Å². The van der Waals surface area contributed by atoms with Gasteiger partial charge in [-0.15, -0.1) is 0 Å². The van der Waals surface area contributed by atoms with Gasteiger partial charge in [0.1, 0.15) is 11.9 Å². The number of halogens is 1. The number of imidazole rings is 1. The Labute approximate surface area is 132 Å². The highest BCUT2D eigenvalue weighted by atomic mass is 35.5. The number of methoxy groups -OCH3 is 1. The maximum Gasteiger partial charge on any atom is 0.341 e. The first kappa shape index (κ1) is 14.3. The number of ether oxygens (including phenoxy) is 1. The van der Waals surface area contributed by atoms with Crippen LogP contribution in [-0.2, 0) is 4.74 Å².